The van der Waals surface area contributed by atoms with Gasteiger partial charge in [0.05, 0.1) is 12.2 Å². The van der Waals surface area contributed by atoms with Gasteiger partial charge in [-0.1, -0.05) is 0 Å². The molecule has 4 nitrogen and oxygen atoms in total. The molecule has 1 aromatic heterocycles. The van der Waals surface area contributed by atoms with Crippen LogP contribution in [0.4, 0.5) is 4.39 Å². The first-order chi connectivity index (χ1) is 11.6. The Labute approximate surface area is 141 Å². The molecule has 0 aliphatic carbocycles. The van der Waals surface area contributed by atoms with E-state index in [2.05, 4.69) is 4.98 Å². The van der Waals surface area contributed by atoms with Crippen molar-refractivity contribution in [2.24, 2.45) is 5.92 Å². The molecular formula is C19H21FN2O2. The average Bonchev–Trinajstić information content (AvgIpc) is 2.61. The number of carbonyl (C=O) groups is 1. The first-order valence-corrected chi connectivity index (χ1v) is 8.22. The summed E-state index contributed by atoms with van der Waals surface area (Å²) in [4.78, 5) is 18.6. The molecule has 0 saturated carbocycles. The highest BCUT2D eigenvalue weighted by Crippen LogP contribution is 2.21. The quantitative estimate of drug-likeness (QED) is 0.863. The van der Waals surface area contributed by atoms with Gasteiger partial charge >= 0.3 is 0 Å². The van der Waals surface area contributed by atoms with Gasteiger partial charge in [0.2, 0.25) is 0 Å². The molecule has 3 rings (SSSR count). The highest BCUT2D eigenvalue weighted by molar-refractivity contribution is 5.95. The van der Waals surface area contributed by atoms with E-state index in [0.717, 1.165) is 24.9 Å². The summed E-state index contributed by atoms with van der Waals surface area (Å²) in [5.41, 5.74) is 1.61. The zero-order valence-corrected chi connectivity index (χ0v) is 13.7. The van der Waals surface area contributed by atoms with Gasteiger partial charge in [-0.05, 0) is 55.7 Å². The summed E-state index contributed by atoms with van der Waals surface area (Å²) in [6.45, 7) is 3.89. The summed E-state index contributed by atoms with van der Waals surface area (Å²) < 4.78 is 18.7. The second kappa shape index (κ2) is 7.43. The molecule has 24 heavy (non-hydrogen) atoms. The molecule has 0 bridgehead atoms. The Bertz CT molecular complexity index is 703. The predicted octanol–water partition coefficient (Wildman–Crippen LogP) is 3.46. The molecular weight excluding hydrogens is 307 g/mol. The lowest BCUT2D eigenvalue weighted by molar-refractivity contribution is 0.0632. The molecule has 126 valence electrons. The van der Waals surface area contributed by atoms with E-state index in [9.17, 15) is 9.18 Å². The molecule has 1 aliphatic heterocycles. The third-order valence-corrected chi connectivity index (χ3v) is 4.38. The van der Waals surface area contributed by atoms with Crippen LogP contribution in [-0.4, -0.2) is 35.5 Å². The first kappa shape index (κ1) is 16.4. The number of aromatic nitrogens is 1. The van der Waals surface area contributed by atoms with Gasteiger partial charge in [0.1, 0.15) is 11.6 Å². The number of nitrogens with zero attached hydrogens (tertiary/aromatic N) is 2. The number of hydrogen-bond donors (Lipinski definition) is 0. The Kier molecular flexibility index (Phi) is 5.08. The SMILES string of the molecule is Cc1ccncc1C(=O)N1CCC[C@@H](COc2ccc(F)cc2)C1. The van der Waals surface area contributed by atoms with Crippen molar-refractivity contribution < 1.29 is 13.9 Å². The number of piperidine rings is 1. The molecule has 0 unspecified atom stereocenters. The number of aryl methyl sites for hydroxylation is 1. The van der Waals surface area contributed by atoms with Gasteiger partial charge < -0.3 is 9.64 Å². The maximum atomic E-state index is 12.9. The minimum Gasteiger partial charge on any atom is -0.493 e. The lowest BCUT2D eigenvalue weighted by Gasteiger charge is -2.33. The van der Waals surface area contributed by atoms with Crippen LogP contribution >= 0.6 is 0 Å². The topological polar surface area (TPSA) is 42.4 Å². The number of ether oxygens (including phenoxy) is 1. The van der Waals surface area contributed by atoms with Gasteiger partial charge in [-0.2, -0.15) is 0 Å². The number of carbonyl (C=O) groups excluding carboxylic acids is 1. The Morgan fingerprint density at radius 3 is 2.88 bits per heavy atom. The van der Waals surface area contributed by atoms with E-state index >= 15 is 0 Å². The number of halogens is 1. The summed E-state index contributed by atoms with van der Waals surface area (Å²) in [5, 5.41) is 0. The van der Waals surface area contributed by atoms with E-state index in [4.69, 9.17) is 4.74 Å². The summed E-state index contributed by atoms with van der Waals surface area (Å²) >= 11 is 0. The van der Waals surface area contributed by atoms with Crippen molar-refractivity contribution in [3.05, 3.63) is 59.7 Å². The highest BCUT2D eigenvalue weighted by Gasteiger charge is 2.25. The van der Waals surface area contributed by atoms with Crippen LogP contribution in [0.15, 0.2) is 42.7 Å². The highest BCUT2D eigenvalue weighted by atomic mass is 19.1. The number of pyridine rings is 1. The van der Waals surface area contributed by atoms with Crippen molar-refractivity contribution in [3.63, 3.8) is 0 Å². The van der Waals surface area contributed by atoms with Gasteiger partial charge in [0, 0.05) is 31.4 Å². The van der Waals surface area contributed by atoms with Crippen LogP contribution in [0.2, 0.25) is 0 Å². The smallest absolute Gasteiger partial charge is 0.255 e. The molecule has 1 aliphatic rings. The minimum absolute atomic E-state index is 0.0343. The lowest BCUT2D eigenvalue weighted by atomic mass is 9.98. The normalized spacial score (nSPS) is 17.6. The fraction of sp³-hybridized carbons (Fsp3) is 0.368. The second-order valence-corrected chi connectivity index (χ2v) is 6.21. The molecule has 1 saturated heterocycles. The third kappa shape index (κ3) is 3.91. The van der Waals surface area contributed by atoms with Crippen molar-refractivity contribution >= 4 is 5.91 Å². The summed E-state index contributed by atoms with van der Waals surface area (Å²) in [6.07, 6.45) is 5.32. The van der Waals surface area contributed by atoms with Crippen LogP contribution in [0, 0.1) is 18.7 Å². The van der Waals surface area contributed by atoms with E-state index in [-0.39, 0.29) is 17.6 Å². The molecule has 1 fully saturated rings. The Balaban J connectivity index is 1.59. The van der Waals surface area contributed by atoms with Gasteiger partial charge in [-0.25, -0.2) is 4.39 Å². The van der Waals surface area contributed by atoms with Crippen molar-refractivity contribution in [3.8, 4) is 5.75 Å². The van der Waals surface area contributed by atoms with E-state index in [0.29, 0.717) is 24.5 Å². The van der Waals surface area contributed by atoms with Gasteiger partial charge in [-0.15, -0.1) is 0 Å². The molecule has 1 aromatic carbocycles. The zero-order valence-electron chi connectivity index (χ0n) is 13.7. The third-order valence-electron chi connectivity index (χ3n) is 4.38. The van der Waals surface area contributed by atoms with E-state index in [1.165, 1.54) is 12.1 Å². The summed E-state index contributed by atoms with van der Waals surface area (Å²) in [6, 6.07) is 7.88. The van der Waals surface area contributed by atoms with Crippen molar-refractivity contribution in [1.82, 2.24) is 9.88 Å². The number of amides is 1. The van der Waals surface area contributed by atoms with Crippen molar-refractivity contribution in [2.45, 2.75) is 19.8 Å². The molecule has 1 atom stereocenters. The van der Waals surface area contributed by atoms with E-state index < -0.39 is 0 Å². The molecule has 5 heteroatoms. The number of rotatable bonds is 4. The number of likely N-dealkylation sites (tertiary alicyclic amines) is 1. The lowest BCUT2D eigenvalue weighted by Crippen LogP contribution is -2.41. The van der Waals surface area contributed by atoms with Gasteiger partial charge in [0.25, 0.3) is 5.91 Å². The monoisotopic (exact) mass is 328 g/mol. The number of benzene rings is 1. The Morgan fingerprint density at radius 1 is 1.33 bits per heavy atom. The van der Waals surface area contributed by atoms with Gasteiger partial charge in [-0.3, -0.25) is 9.78 Å². The maximum Gasteiger partial charge on any atom is 0.255 e. The maximum absolute atomic E-state index is 12.9. The fourth-order valence-corrected chi connectivity index (χ4v) is 2.99. The molecule has 2 heterocycles. The largest absolute Gasteiger partial charge is 0.493 e. The molecule has 0 spiro atoms. The average molecular weight is 328 g/mol. The summed E-state index contributed by atoms with van der Waals surface area (Å²) in [5.74, 6) is 0.698. The predicted molar refractivity (Wildman–Crippen MR) is 89.5 cm³/mol. The van der Waals surface area contributed by atoms with E-state index in [1.807, 2.05) is 17.9 Å². The standard InChI is InChI=1S/C19H21FN2O2/c1-14-8-9-21-11-18(14)19(23)22-10-2-3-15(12-22)13-24-17-6-4-16(20)5-7-17/h4-9,11,15H,2-3,10,12-13H2,1H3/t15-/m1/s1. The van der Waals surface area contributed by atoms with Crippen LogP contribution in [0.5, 0.6) is 5.75 Å². The van der Waals surface area contributed by atoms with Crippen LogP contribution in [-0.2, 0) is 0 Å². The molecule has 1 amide bonds. The second-order valence-electron chi connectivity index (χ2n) is 6.21. The Hall–Kier alpha value is -2.43. The van der Waals surface area contributed by atoms with E-state index in [1.54, 1.807) is 24.5 Å². The number of hydrogen-bond acceptors (Lipinski definition) is 3. The van der Waals surface area contributed by atoms with Crippen LogP contribution < -0.4 is 4.74 Å². The molecule has 0 N–H and O–H groups in total. The zero-order chi connectivity index (χ0) is 16.9. The van der Waals surface area contributed by atoms with Crippen LogP contribution in [0.1, 0.15) is 28.8 Å². The van der Waals surface area contributed by atoms with Crippen LogP contribution in [0.25, 0.3) is 0 Å². The van der Waals surface area contributed by atoms with Crippen molar-refractivity contribution in [2.75, 3.05) is 19.7 Å². The van der Waals surface area contributed by atoms with Crippen LogP contribution in [0.3, 0.4) is 0 Å². The fourth-order valence-electron chi connectivity index (χ4n) is 2.99. The molecule has 0 radical (unpaired) electrons. The Morgan fingerprint density at radius 2 is 2.12 bits per heavy atom. The minimum atomic E-state index is -0.274. The summed E-state index contributed by atoms with van der Waals surface area (Å²) in [7, 11) is 0. The molecule has 2 aromatic rings. The van der Waals surface area contributed by atoms with Gasteiger partial charge in [0.15, 0.2) is 0 Å². The first-order valence-electron chi connectivity index (χ1n) is 8.22. The van der Waals surface area contributed by atoms with Crippen molar-refractivity contribution in [1.29, 1.82) is 0 Å².